The Morgan fingerprint density at radius 2 is 1.82 bits per heavy atom. The number of carbonyl (C=O) groups is 1. The van der Waals surface area contributed by atoms with Crippen LogP contribution in [0.2, 0.25) is 0 Å². The zero-order valence-electron chi connectivity index (χ0n) is 15.9. The van der Waals surface area contributed by atoms with Crippen LogP contribution in [0.15, 0.2) is 46.9 Å². The second kappa shape index (κ2) is 8.09. The highest BCUT2D eigenvalue weighted by Gasteiger charge is 2.24. The molecule has 0 unspecified atom stereocenters. The van der Waals surface area contributed by atoms with Crippen LogP contribution < -0.4 is 9.64 Å². The van der Waals surface area contributed by atoms with E-state index in [2.05, 4.69) is 26.9 Å². The molecular formula is C21H22BrN3O2S. The van der Waals surface area contributed by atoms with Crippen molar-refractivity contribution in [2.45, 2.75) is 20.0 Å². The zero-order chi connectivity index (χ0) is 19.7. The maximum Gasteiger partial charge on any atom is 0.253 e. The molecule has 5 nitrogen and oxygen atoms in total. The number of aromatic nitrogens is 1. The summed E-state index contributed by atoms with van der Waals surface area (Å²) in [5.41, 5.74) is 1.72. The van der Waals surface area contributed by atoms with E-state index in [1.54, 1.807) is 11.3 Å². The number of thiazole rings is 1. The third-order valence-electron chi connectivity index (χ3n) is 4.65. The van der Waals surface area contributed by atoms with Crippen LogP contribution in [0.1, 0.15) is 24.2 Å². The number of amides is 1. The summed E-state index contributed by atoms with van der Waals surface area (Å²) in [5, 5.41) is 1.02. The molecule has 1 aromatic heterocycles. The minimum atomic E-state index is 0.0731. The molecule has 7 heteroatoms. The molecule has 2 aromatic carbocycles. The SMILES string of the molecule is CC(C)Oc1ccc(C(=O)N2CCN(c3nc4ccc(Br)cc4s3)CC2)cc1. The van der Waals surface area contributed by atoms with E-state index in [1.807, 2.05) is 55.1 Å². The lowest BCUT2D eigenvalue weighted by Crippen LogP contribution is -2.48. The molecule has 0 N–H and O–H groups in total. The molecule has 2 heterocycles. The molecule has 0 atom stereocenters. The predicted molar refractivity (Wildman–Crippen MR) is 118 cm³/mol. The fraction of sp³-hybridized carbons (Fsp3) is 0.333. The van der Waals surface area contributed by atoms with Crippen molar-refractivity contribution in [1.29, 1.82) is 0 Å². The Bertz CT molecular complexity index is 979. The van der Waals surface area contributed by atoms with Gasteiger partial charge in [-0.3, -0.25) is 4.79 Å². The number of piperazine rings is 1. The first kappa shape index (κ1) is 19.2. The Labute approximate surface area is 177 Å². The average Bonchev–Trinajstić information content (AvgIpc) is 3.11. The van der Waals surface area contributed by atoms with Crippen molar-refractivity contribution < 1.29 is 9.53 Å². The fourth-order valence-corrected chi connectivity index (χ4v) is 4.82. The van der Waals surface area contributed by atoms with Crippen LogP contribution in [0.25, 0.3) is 10.2 Å². The predicted octanol–water partition coefficient (Wildman–Crippen LogP) is 4.81. The van der Waals surface area contributed by atoms with Crippen LogP contribution in [0.4, 0.5) is 5.13 Å². The van der Waals surface area contributed by atoms with Crippen LogP contribution in [-0.4, -0.2) is 48.1 Å². The molecule has 28 heavy (non-hydrogen) atoms. The molecule has 1 fully saturated rings. The van der Waals surface area contributed by atoms with E-state index in [9.17, 15) is 4.79 Å². The maximum absolute atomic E-state index is 12.8. The molecule has 1 saturated heterocycles. The summed E-state index contributed by atoms with van der Waals surface area (Å²) >= 11 is 5.21. The quantitative estimate of drug-likeness (QED) is 0.561. The van der Waals surface area contributed by atoms with E-state index >= 15 is 0 Å². The van der Waals surface area contributed by atoms with E-state index in [0.717, 1.165) is 34.0 Å². The number of benzene rings is 2. The third-order valence-corrected chi connectivity index (χ3v) is 6.22. The number of fused-ring (bicyclic) bond motifs is 1. The first-order chi connectivity index (χ1) is 13.5. The van der Waals surface area contributed by atoms with Gasteiger partial charge in [-0.2, -0.15) is 0 Å². The van der Waals surface area contributed by atoms with Gasteiger partial charge in [0.05, 0.1) is 16.3 Å². The van der Waals surface area contributed by atoms with Crippen LogP contribution in [-0.2, 0) is 0 Å². The minimum Gasteiger partial charge on any atom is -0.491 e. The van der Waals surface area contributed by atoms with Crippen molar-refractivity contribution in [3.05, 3.63) is 52.5 Å². The number of halogens is 1. The van der Waals surface area contributed by atoms with E-state index in [4.69, 9.17) is 9.72 Å². The molecule has 146 valence electrons. The van der Waals surface area contributed by atoms with Gasteiger partial charge < -0.3 is 14.5 Å². The Morgan fingerprint density at radius 3 is 2.50 bits per heavy atom. The van der Waals surface area contributed by atoms with E-state index < -0.39 is 0 Å². The van der Waals surface area contributed by atoms with Gasteiger partial charge in [0, 0.05) is 36.2 Å². The van der Waals surface area contributed by atoms with Gasteiger partial charge in [0.15, 0.2) is 5.13 Å². The highest BCUT2D eigenvalue weighted by atomic mass is 79.9. The topological polar surface area (TPSA) is 45.7 Å². The van der Waals surface area contributed by atoms with Gasteiger partial charge in [-0.05, 0) is 56.3 Å². The molecule has 0 spiro atoms. The van der Waals surface area contributed by atoms with Gasteiger partial charge in [-0.25, -0.2) is 4.98 Å². The minimum absolute atomic E-state index is 0.0731. The average molecular weight is 460 g/mol. The smallest absolute Gasteiger partial charge is 0.253 e. The first-order valence-electron chi connectivity index (χ1n) is 9.36. The van der Waals surface area contributed by atoms with E-state index in [0.29, 0.717) is 18.7 Å². The van der Waals surface area contributed by atoms with Crippen molar-refractivity contribution in [3.8, 4) is 5.75 Å². The second-order valence-electron chi connectivity index (χ2n) is 7.08. The molecule has 0 saturated carbocycles. The van der Waals surface area contributed by atoms with Gasteiger partial charge in [0.1, 0.15) is 5.75 Å². The molecule has 3 aromatic rings. The van der Waals surface area contributed by atoms with Crippen LogP contribution >= 0.6 is 27.3 Å². The number of hydrogen-bond donors (Lipinski definition) is 0. The lowest BCUT2D eigenvalue weighted by molar-refractivity contribution is 0.0746. The van der Waals surface area contributed by atoms with Crippen LogP contribution in [0.5, 0.6) is 5.75 Å². The van der Waals surface area contributed by atoms with Gasteiger partial charge in [-0.15, -0.1) is 0 Å². The normalized spacial score (nSPS) is 14.7. The lowest BCUT2D eigenvalue weighted by Gasteiger charge is -2.34. The van der Waals surface area contributed by atoms with Crippen molar-refractivity contribution in [3.63, 3.8) is 0 Å². The Hall–Kier alpha value is -2.12. The molecule has 1 aliphatic heterocycles. The molecule has 0 aliphatic carbocycles. The first-order valence-corrected chi connectivity index (χ1v) is 11.0. The number of rotatable bonds is 4. The summed E-state index contributed by atoms with van der Waals surface area (Å²) in [6.45, 7) is 6.96. The zero-order valence-corrected chi connectivity index (χ0v) is 18.3. The highest BCUT2D eigenvalue weighted by molar-refractivity contribution is 9.10. The number of nitrogens with zero attached hydrogens (tertiary/aromatic N) is 3. The summed E-state index contributed by atoms with van der Waals surface area (Å²) in [6.07, 6.45) is 0.123. The highest BCUT2D eigenvalue weighted by Crippen LogP contribution is 2.31. The Morgan fingerprint density at radius 1 is 1.11 bits per heavy atom. The molecule has 1 aliphatic rings. The Balaban J connectivity index is 1.39. The monoisotopic (exact) mass is 459 g/mol. The summed E-state index contributed by atoms with van der Waals surface area (Å²) in [7, 11) is 0. The van der Waals surface area contributed by atoms with Gasteiger partial charge in [0.2, 0.25) is 0 Å². The Kier molecular flexibility index (Phi) is 5.55. The van der Waals surface area contributed by atoms with Crippen LogP contribution in [0, 0.1) is 0 Å². The number of ether oxygens (including phenoxy) is 1. The van der Waals surface area contributed by atoms with E-state index in [-0.39, 0.29) is 12.0 Å². The van der Waals surface area contributed by atoms with Crippen molar-refractivity contribution in [1.82, 2.24) is 9.88 Å². The molecular weight excluding hydrogens is 438 g/mol. The number of hydrogen-bond acceptors (Lipinski definition) is 5. The standard InChI is InChI=1S/C21H22BrN3O2S/c1-14(2)27-17-6-3-15(4-7-17)20(26)24-9-11-25(12-10-24)21-23-18-8-5-16(22)13-19(18)28-21/h3-8,13-14H,9-12H2,1-2H3. The largest absolute Gasteiger partial charge is 0.491 e. The van der Waals surface area contributed by atoms with Gasteiger partial charge >= 0.3 is 0 Å². The molecule has 4 rings (SSSR count). The number of anilines is 1. The lowest BCUT2D eigenvalue weighted by atomic mass is 10.1. The number of carbonyl (C=O) groups excluding carboxylic acids is 1. The summed E-state index contributed by atoms with van der Waals surface area (Å²) in [4.78, 5) is 21.7. The van der Waals surface area contributed by atoms with Crippen molar-refractivity contribution in [2.75, 3.05) is 31.1 Å². The molecule has 0 radical (unpaired) electrons. The summed E-state index contributed by atoms with van der Waals surface area (Å²) < 4.78 is 7.89. The summed E-state index contributed by atoms with van der Waals surface area (Å²) in [6, 6.07) is 13.6. The van der Waals surface area contributed by atoms with Gasteiger partial charge in [0.25, 0.3) is 5.91 Å². The maximum atomic E-state index is 12.8. The van der Waals surface area contributed by atoms with E-state index in [1.165, 1.54) is 4.70 Å². The molecule has 0 bridgehead atoms. The second-order valence-corrected chi connectivity index (χ2v) is 9.00. The van der Waals surface area contributed by atoms with Crippen molar-refractivity contribution >= 4 is 48.5 Å². The van der Waals surface area contributed by atoms with Crippen LogP contribution in [0.3, 0.4) is 0 Å². The van der Waals surface area contributed by atoms with Gasteiger partial charge in [-0.1, -0.05) is 27.3 Å². The molecule has 1 amide bonds. The summed E-state index contributed by atoms with van der Waals surface area (Å²) in [5.74, 6) is 0.864. The third kappa shape index (κ3) is 4.15. The van der Waals surface area contributed by atoms with Crippen molar-refractivity contribution in [2.24, 2.45) is 0 Å². The fourth-order valence-electron chi connectivity index (χ4n) is 3.25.